The molecule has 1 N–H and O–H groups in total. The van der Waals surface area contributed by atoms with Crippen LogP contribution in [0.2, 0.25) is 0 Å². The van der Waals surface area contributed by atoms with E-state index in [9.17, 15) is 18.0 Å². The Morgan fingerprint density at radius 2 is 1.70 bits per heavy atom. The first-order valence-corrected chi connectivity index (χ1v) is 10.2. The largest absolute Gasteiger partial charge is 0.451 e. The van der Waals surface area contributed by atoms with Crippen LogP contribution >= 0.6 is 0 Å². The summed E-state index contributed by atoms with van der Waals surface area (Å²) in [5.74, 6) is -1.07. The van der Waals surface area contributed by atoms with E-state index in [1.807, 2.05) is 19.1 Å². The van der Waals surface area contributed by atoms with Crippen LogP contribution in [0.3, 0.4) is 0 Å². The quantitative estimate of drug-likeness (QED) is 0.554. The van der Waals surface area contributed by atoms with Gasteiger partial charge in [-0.05, 0) is 37.1 Å². The van der Waals surface area contributed by atoms with Crippen LogP contribution in [0.5, 0.6) is 0 Å². The molecular weight excluding hydrogens is 366 g/mol. The van der Waals surface area contributed by atoms with Gasteiger partial charge in [0.2, 0.25) is 15.8 Å². The number of sulfonamides is 1. The molecule has 0 fully saturated rings. The van der Waals surface area contributed by atoms with Gasteiger partial charge in [0, 0.05) is 12.1 Å². The highest BCUT2D eigenvalue weighted by atomic mass is 32.2. The van der Waals surface area contributed by atoms with E-state index < -0.39 is 22.1 Å². The minimum atomic E-state index is -3.69. The Bertz CT molecular complexity index is 920. The van der Waals surface area contributed by atoms with Crippen LogP contribution < -0.4 is 4.72 Å². The third kappa shape index (κ3) is 5.24. The fourth-order valence-corrected chi connectivity index (χ4v) is 3.57. The van der Waals surface area contributed by atoms with Gasteiger partial charge in [0.05, 0.1) is 10.5 Å². The van der Waals surface area contributed by atoms with Crippen molar-refractivity contribution >= 4 is 21.8 Å². The van der Waals surface area contributed by atoms with E-state index in [-0.39, 0.29) is 22.8 Å². The number of esters is 1. The predicted octanol–water partition coefficient (Wildman–Crippen LogP) is 2.98. The van der Waals surface area contributed by atoms with Crippen molar-refractivity contribution in [2.75, 3.05) is 6.54 Å². The van der Waals surface area contributed by atoms with Gasteiger partial charge in [0.1, 0.15) is 0 Å². The number of hydrogen-bond acceptors (Lipinski definition) is 5. The molecule has 0 saturated heterocycles. The molecule has 2 aromatic rings. The Kier molecular flexibility index (Phi) is 6.87. The summed E-state index contributed by atoms with van der Waals surface area (Å²) in [4.78, 5) is 24.7. The van der Waals surface area contributed by atoms with Crippen molar-refractivity contribution in [1.29, 1.82) is 0 Å². The lowest BCUT2D eigenvalue weighted by Crippen LogP contribution is -2.25. The lowest BCUT2D eigenvalue weighted by atomic mass is 10.0. The number of ketones is 1. The molecule has 27 heavy (non-hydrogen) atoms. The average Bonchev–Trinajstić information content (AvgIpc) is 2.67. The zero-order valence-electron chi connectivity index (χ0n) is 15.6. The third-order valence-corrected chi connectivity index (χ3v) is 5.56. The molecule has 0 aromatic heterocycles. The summed E-state index contributed by atoms with van der Waals surface area (Å²) in [5, 5.41) is 0. The standard InChI is InChI=1S/C20H23NO5S/c1-4-15-9-11-16(12-10-15)19(22)14(3)26-20(23)17-7-6-8-18(13-17)27(24,25)21-5-2/h6-14,21H,4-5H2,1-3H3. The van der Waals surface area contributed by atoms with E-state index in [0.29, 0.717) is 5.56 Å². The summed E-state index contributed by atoms with van der Waals surface area (Å²) in [6.45, 7) is 5.41. The van der Waals surface area contributed by atoms with Crippen LogP contribution in [-0.4, -0.2) is 32.8 Å². The van der Waals surface area contributed by atoms with Gasteiger partial charge < -0.3 is 4.74 Å². The van der Waals surface area contributed by atoms with E-state index in [1.165, 1.54) is 31.2 Å². The summed E-state index contributed by atoms with van der Waals surface area (Å²) >= 11 is 0. The smallest absolute Gasteiger partial charge is 0.338 e. The van der Waals surface area contributed by atoms with Gasteiger partial charge in [-0.3, -0.25) is 4.79 Å². The van der Waals surface area contributed by atoms with Crippen molar-refractivity contribution in [1.82, 2.24) is 4.72 Å². The molecule has 7 heteroatoms. The molecule has 2 rings (SSSR count). The van der Waals surface area contributed by atoms with E-state index in [1.54, 1.807) is 19.1 Å². The highest BCUT2D eigenvalue weighted by Gasteiger charge is 2.22. The van der Waals surface area contributed by atoms with Crippen LogP contribution in [0.1, 0.15) is 47.1 Å². The minimum absolute atomic E-state index is 0.0343. The molecular formula is C20H23NO5S. The number of Topliss-reactive ketones (excluding diaryl/α,β-unsaturated/α-hetero) is 1. The molecule has 6 nitrogen and oxygen atoms in total. The topological polar surface area (TPSA) is 89.5 Å². The fraction of sp³-hybridized carbons (Fsp3) is 0.300. The van der Waals surface area contributed by atoms with Crippen LogP contribution in [0.25, 0.3) is 0 Å². The minimum Gasteiger partial charge on any atom is -0.451 e. The van der Waals surface area contributed by atoms with E-state index >= 15 is 0 Å². The van der Waals surface area contributed by atoms with Crippen LogP contribution in [0.4, 0.5) is 0 Å². The van der Waals surface area contributed by atoms with Crippen molar-refractivity contribution < 1.29 is 22.7 Å². The zero-order chi connectivity index (χ0) is 20.0. The normalized spacial score (nSPS) is 12.4. The lowest BCUT2D eigenvalue weighted by molar-refractivity contribution is 0.0318. The number of ether oxygens (including phenoxy) is 1. The van der Waals surface area contributed by atoms with Gasteiger partial charge >= 0.3 is 5.97 Å². The van der Waals surface area contributed by atoms with E-state index in [0.717, 1.165) is 12.0 Å². The zero-order valence-corrected chi connectivity index (χ0v) is 16.4. The van der Waals surface area contributed by atoms with Crippen molar-refractivity contribution in [3.63, 3.8) is 0 Å². The number of nitrogens with one attached hydrogen (secondary N) is 1. The summed E-state index contributed by atoms with van der Waals surface area (Å²) < 4.78 is 31.7. The van der Waals surface area contributed by atoms with Crippen molar-refractivity contribution in [2.24, 2.45) is 0 Å². The molecule has 2 aromatic carbocycles. The monoisotopic (exact) mass is 389 g/mol. The maximum atomic E-state index is 12.4. The summed E-state index contributed by atoms with van der Waals surface area (Å²) in [6.07, 6.45) is -0.121. The van der Waals surface area contributed by atoms with Crippen LogP contribution in [0.15, 0.2) is 53.4 Å². The number of aryl methyl sites for hydroxylation is 1. The Morgan fingerprint density at radius 3 is 2.30 bits per heavy atom. The van der Waals surface area contributed by atoms with Crippen molar-refractivity contribution in [2.45, 2.75) is 38.2 Å². The lowest BCUT2D eigenvalue weighted by Gasteiger charge is -2.13. The maximum absolute atomic E-state index is 12.4. The summed E-state index contributed by atoms with van der Waals surface area (Å²) in [7, 11) is -3.69. The molecule has 0 aliphatic carbocycles. The van der Waals surface area contributed by atoms with Crippen molar-refractivity contribution in [3.8, 4) is 0 Å². The molecule has 0 radical (unpaired) electrons. The van der Waals surface area contributed by atoms with E-state index in [2.05, 4.69) is 4.72 Å². The Hall–Kier alpha value is -2.51. The average molecular weight is 389 g/mol. The molecule has 0 heterocycles. The number of benzene rings is 2. The molecule has 0 saturated carbocycles. The second kappa shape index (κ2) is 8.92. The molecule has 144 valence electrons. The molecule has 0 aliphatic rings. The molecule has 0 amide bonds. The molecule has 0 bridgehead atoms. The second-order valence-electron chi connectivity index (χ2n) is 5.99. The number of carbonyl (C=O) groups is 2. The SMILES string of the molecule is CCNS(=O)(=O)c1cccc(C(=O)OC(C)C(=O)c2ccc(CC)cc2)c1. The molecule has 0 aliphatic heterocycles. The van der Waals surface area contributed by atoms with Gasteiger partial charge in [0.15, 0.2) is 6.10 Å². The first kappa shape index (κ1) is 20.8. The van der Waals surface area contributed by atoms with Gasteiger partial charge in [-0.25, -0.2) is 17.9 Å². The van der Waals surface area contributed by atoms with Crippen molar-refractivity contribution in [3.05, 3.63) is 65.2 Å². The summed E-state index contributed by atoms with van der Waals surface area (Å²) in [5.41, 5.74) is 1.63. The predicted molar refractivity (Wildman–Crippen MR) is 102 cm³/mol. The summed E-state index contributed by atoms with van der Waals surface area (Å²) in [6, 6.07) is 12.6. The van der Waals surface area contributed by atoms with Crippen LogP contribution in [0, 0.1) is 0 Å². The van der Waals surface area contributed by atoms with E-state index in [4.69, 9.17) is 4.74 Å². The van der Waals surface area contributed by atoms with Crippen LogP contribution in [-0.2, 0) is 21.2 Å². The van der Waals surface area contributed by atoms with Gasteiger partial charge in [0.25, 0.3) is 0 Å². The number of hydrogen-bond donors (Lipinski definition) is 1. The Labute approximate surface area is 159 Å². The maximum Gasteiger partial charge on any atom is 0.338 e. The molecule has 1 unspecified atom stereocenters. The Balaban J connectivity index is 2.13. The highest BCUT2D eigenvalue weighted by Crippen LogP contribution is 2.15. The second-order valence-corrected chi connectivity index (χ2v) is 7.76. The number of rotatable bonds is 8. The first-order valence-electron chi connectivity index (χ1n) is 8.72. The molecule has 1 atom stereocenters. The van der Waals surface area contributed by atoms with Gasteiger partial charge in [-0.2, -0.15) is 0 Å². The van der Waals surface area contributed by atoms with Gasteiger partial charge in [-0.15, -0.1) is 0 Å². The third-order valence-electron chi connectivity index (χ3n) is 4.01. The Morgan fingerprint density at radius 1 is 1.04 bits per heavy atom. The first-order chi connectivity index (χ1) is 12.8. The number of carbonyl (C=O) groups excluding carboxylic acids is 2. The fourth-order valence-electron chi connectivity index (χ4n) is 2.49. The van der Waals surface area contributed by atoms with Gasteiger partial charge in [-0.1, -0.05) is 44.2 Å². The molecule has 0 spiro atoms. The highest BCUT2D eigenvalue weighted by molar-refractivity contribution is 7.89.